The fraction of sp³-hybridized carbons (Fsp3) is 0.375. The SMILES string of the molecule is COc1ccc(CN(Cc2ccc(OC)cc2)S(=O)(=O)c2c(S(=O)(=O)NC3CCN(C(=O)OC(C)(C)C)C3)ccc(Br)c2-c2nn[nH]n2)cc1. The molecule has 1 atom stereocenters. The third-order valence-corrected chi connectivity index (χ3v) is 12.0. The van der Waals surface area contributed by atoms with Crippen LogP contribution in [0.2, 0.25) is 0 Å². The Bertz CT molecular complexity index is 1970. The van der Waals surface area contributed by atoms with Crippen molar-refractivity contribution in [3.05, 3.63) is 76.3 Å². The van der Waals surface area contributed by atoms with E-state index < -0.39 is 47.6 Å². The molecule has 1 amide bonds. The number of carbonyl (C=O) groups is 1. The van der Waals surface area contributed by atoms with Gasteiger partial charge < -0.3 is 19.1 Å². The van der Waals surface area contributed by atoms with Crippen molar-refractivity contribution in [3.63, 3.8) is 0 Å². The van der Waals surface area contributed by atoms with Crippen LogP contribution in [0.4, 0.5) is 4.79 Å². The summed E-state index contributed by atoms with van der Waals surface area (Å²) >= 11 is 3.41. The normalized spacial score (nSPS) is 15.3. The van der Waals surface area contributed by atoms with Crippen molar-refractivity contribution in [2.45, 2.75) is 61.7 Å². The van der Waals surface area contributed by atoms with Crippen LogP contribution in [0, 0.1) is 0 Å². The van der Waals surface area contributed by atoms with Crippen molar-refractivity contribution in [1.29, 1.82) is 0 Å². The largest absolute Gasteiger partial charge is 0.497 e. The molecule has 1 unspecified atom stereocenters. The molecule has 15 nitrogen and oxygen atoms in total. The van der Waals surface area contributed by atoms with E-state index in [1.807, 2.05) is 0 Å². The average Bonchev–Trinajstić information content (AvgIpc) is 3.77. The highest BCUT2D eigenvalue weighted by Crippen LogP contribution is 2.39. The van der Waals surface area contributed by atoms with Gasteiger partial charge in [0.1, 0.15) is 26.9 Å². The minimum Gasteiger partial charge on any atom is -0.497 e. The zero-order chi connectivity index (χ0) is 36.3. The summed E-state index contributed by atoms with van der Waals surface area (Å²) in [5, 5.41) is 13.9. The Morgan fingerprint density at radius 3 is 2.04 bits per heavy atom. The summed E-state index contributed by atoms with van der Waals surface area (Å²) in [5.74, 6) is 1.03. The highest BCUT2D eigenvalue weighted by molar-refractivity contribution is 9.10. The number of methoxy groups -OCH3 is 2. The van der Waals surface area contributed by atoms with Gasteiger partial charge in [-0.2, -0.15) is 9.52 Å². The van der Waals surface area contributed by atoms with Crippen molar-refractivity contribution in [1.82, 2.24) is 34.6 Å². The van der Waals surface area contributed by atoms with Crippen molar-refractivity contribution in [2.24, 2.45) is 0 Å². The van der Waals surface area contributed by atoms with E-state index in [1.54, 1.807) is 69.3 Å². The van der Waals surface area contributed by atoms with Crippen LogP contribution in [-0.4, -0.2) is 91.7 Å². The molecule has 0 bridgehead atoms. The number of ether oxygens (including phenoxy) is 3. The van der Waals surface area contributed by atoms with E-state index in [4.69, 9.17) is 14.2 Å². The minimum atomic E-state index is -4.68. The molecule has 2 heterocycles. The number of hydrogen-bond donors (Lipinski definition) is 2. The maximum Gasteiger partial charge on any atom is 0.410 e. The number of likely N-dealkylation sites (tertiary alicyclic amines) is 1. The lowest BCUT2D eigenvalue weighted by Gasteiger charge is -2.26. The van der Waals surface area contributed by atoms with Crippen LogP contribution in [0.5, 0.6) is 11.5 Å². The number of halogens is 1. The topological polar surface area (TPSA) is 186 Å². The Kier molecular flexibility index (Phi) is 11.2. The Balaban J connectivity index is 1.59. The third kappa shape index (κ3) is 8.60. The molecule has 1 aromatic heterocycles. The van der Waals surface area contributed by atoms with Gasteiger partial charge in [-0.15, -0.1) is 10.2 Å². The molecule has 0 aliphatic carbocycles. The first-order chi connectivity index (χ1) is 23.6. The van der Waals surface area contributed by atoms with E-state index in [0.29, 0.717) is 22.6 Å². The lowest BCUT2D eigenvalue weighted by molar-refractivity contribution is 0.0292. The summed E-state index contributed by atoms with van der Waals surface area (Å²) in [6.45, 7) is 5.25. The Hall–Kier alpha value is -4.10. The lowest BCUT2D eigenvalue weighted by atomic mass is 10.2. The van der Waals surface area contributed by atoms with Gasteiger partial charge in [-0.25, -0.2) is 26.4 Å². The maximum atomic E-state index is 15.0. The van der Waals surface area contributed by atoms with E-state index in [2.05, 4.69) is 41.3 Å². The van der Waals surface area contributed by atoms with Crippen molar-refractivity contribution < 1.29 is 35.8 Å². The molecule has 1 saturated heterocycles. The number of carbonyl (C=O) groups excluding carboxylic acids is 1. The van der Waals surface area contributed by atoms with Gasteiger partial charge in [0.15, 0.2) is 0 Å². The predicted octanol–water partition coefficient (Wildman–Crippen LogP) is 4.33. The Morgan fingerprint density at radius 1 is 0.960 bits per heavy atom. The van der Waals surface area contributed by atoms with E-state index in [0.717, 1.165) is 0 Å². The van der Waals surface area contributed by atoms with Gasteiger partial charge in [-0.3, -0.25) is 0 Å². The molecular formula is C32H38BrN7O8S2. The monoisotopic (exact) mass is 791 g/mol. The van der Waals surface area contributed by atoms with Crippen molar-refractivity contribution in [2.75, 3.05) is 27.3 Å². The molecule has 1 aliphatic heterocycles. The second kappa shape index (κ2) is 15.0. The summed E-state index contributed by atoms with van der Waals surface area (Å²) in [6, 6.07) is 15.7. The summed E-state index contributed by atoms with van der Waals surface area (Å²) < 4.78 is 78.6. The smallest absolute Gasteiger partial charge is 0.410 e. The summed E-state index contributed by atoms with van der Waals surface area (Å²) in [7, 11) is -6.18. The number of hydrogen-bond acceptors (Lipinski definition) is 11. The quantitative estimate of drug-likeness (QED) is 0.208. The van der Waals surface area contributed by atoms with Crippen molar-refractivity contribution in [3.8, 4) is 22.9 Å². The molecular weight excluding hydrogens is 754 g/mol. The van der Waals surface area contributed by atoms with Gasteiger partial charge in [0, 0.05) is 36.7 Å². The van der Waals surface area contributed by atoms with Gasteiger partial charge in [-0.1, -0.05) is 24.3 Å². The van der Waals surface area contributed by atoms with Crippen LogP contribution in [0.15, 0.2) is 74.9 Å². The second-order valence-corrected chi connectivity index (χ2v) is 16.9. The number of aromatic nitrogens is 4. The number of nitrogens with zero attached hydrogens (tertiary/aromatic N) is 5. The minimum absolute atomic E-state index is 0.0333. The molecule has 50 heavy (non-hydrogen) atoms. The van der Waals surface area contributed by atoms with Gasteiger partial charge >= 0.3 is 6.09 Å². The van der Waals surface area contributed by atoms with Crippen LogP contribution in [-0.2, 0) is 37.9 Å². The van der Waals surface area contributed by atoms with Crippen LogP contribution >= 0.6 is 15.9 Å². The molecule has 0 radical (unpaired) electrons. The molecule has 18 heteroatoms. The highest BCUT2D eigenvalue weighted by Gasteiger charge is 2.39. The first-order valence-corrected chi connectivity index (χ1v) is 19.2. The number of benzene rings is 3. The number of tetrazole rings is 1. The van der Waals surface area contributed by atoms with E-state index in [9.17, 15) is 13.2 Å². The molecule has 0 spiro atoms. The van der Waals surface area contributed by atoms with Crippen LogP contribution in [0.25, 0.3) is 11.4 Å². The molecule has 3 aromatic carbocycles. The molecule has 0 saturated carbocycles. The van der Waals surface area contributed by atoms with E-state index in [-0.39, 0.29) is 48.5 Å². The molecule has 2 N–H and O–H groups in total. The standard InChI is InChI=1S/C32H38BrN7O8S2/c1-32(2,3)48-31(41)39-17-16-23(20-39)36-49(42,43)27-15-14-26(33)28(30-34-37-38-35-30)29(27)50(44,45)40(18-21-6-10-24(46-4)11-7-21)19-22-8-12-25(47-5)13-9-22/h6-15,23,36H,16-20H2,1-5H3,(H,34,35,37,38). The predicted molar refractivity (Wildman–Crippen MR) is 186 cm³/mol. The number of H-pyrrole nitrogens is 1. The number of rotatable bonds is 12. The second-order valence-electron chi connectivity index (χ2n) is 12.5. The average molecular weight is 793 g/mol. The molecule has 5 rings (SSSR count). The van der Waals surface area contributed by atoms with Crippen LogP contribution in [0.1, 0.15) is 38.3 Å². The van der Waals surface area contributed by atoms with Gasteiger partial charge in [0.2, 0.25) is 25.9 Å². The lowest BCUT2D eigenvalue weighted by Crippen LogP contribution is -2.41. The first-order valence-electron chi connectivity index (χ1n) is 15.4. The Morgan fingerprint density at radius 2 is 1.54 bits per heavy atom. The maximum absolute atomic E-state index is 15.0. The number of amides is 1. The highest BCUT2D eigenvalue weighted by atomic mass is 79.9. The molecule has 268 valence electrons. The van der Waals surface area contributed by atoms with Crippen LogP contribution in [0.3, 0.4) is 0 Å². The summed E-state index contributed by atoms with van der Waals surface area (Å²) in [6.07, 6.45) is -0.284. The molecule has 1 fully saturated rings. The molecule has 4 aromatic rings. The zero-order valence-electron chi connectivity index (χ0n) is 28.1. The van der Waals surface area contributed by atoms with Gasteiger partial charge in [0.25, 0.3) is 0 Å². The van der Waals surface area contributed by atoms with Gasteiger partial charge in [-0.05, 0) is 95.9 Å². The third-order valence-electron chi connectivity index (χ3n) is 7.72. The fourth-order valence-electron chi connectivity index (χ4n) is 5.34. The van der Waals surface area contributed by atoms with Crippen LogP contribution < -0.4 is 14.2 Å². The van der Waals surface area contributed by atoms with E-state index in [1.165, 1.54) is 35.6 Å². The fourth-order valence-corrected chi connectivity index (χ4v) is 9.65. The van der Waals surface area contributed by atoms with Gasteiger partial charge in [0.05, 0.1) is 19.8 Å². The first kappa shape index (κ1) is 37.2. The van der Waals surface area contributed by atoms with Crippen molar-refractivity contribution >= 4 is 42.1 Å². The summed E-state index contributed by atoms with van der Waals surface area (Å²) in [4.78, 5) is 13.0. The van der Waals surface area contributed by atoms with E-state index >= 15 is 8.42 Å². The number of nitrogens with one attached hydrogen (secondary N) is 2. The Labute approximate surface area is 299 Å². The molecule has 1 aliphatic rings. The zero-order valence-corrected chi connectivity index (χ0v) is 31.3. The summed E-state index contributed by atoms with van der Waals surface area (Å²) in [5.41, 5.74) is 0.409. The number of sulfonamides is 2. The number of aromatic amines is 1.